The van der Waals surface area contributed by atoms with Crippen LogP contribution in [0.5, 0.6) is 11.6 Å². The Balaban J connectivity index is 1.52. The lowest BCUT2D eigenvalue weighted by Gasteiger charge is -2.13. The second-order valence-electron chi connectivity index (χ2n) is 6.84. The Hall–Kier alpha value is -4.05. The molecule has 7 heteroatoms. The first-order valence-electron chi connectivity index (χ1n) is 9.38. The molecule has 0 aliphatic rings. The summed E-state index contributed by atoms with van der Waals surface area (Å²) in [5.74, 6) is 1.08. The highest BCUT2D eigenvalue weighted by Crippen LogP contribution is 2.37. The number of hydrogen-bond donors (Lipinski definition) is 0. The molecule has 4 rings (SSSR count). The molecular formula is C24H16F3N3O. The van der Waals surface area contributed by atoms with E-state index in [4.69, 9.17) is 10.00 Å². The van der Waals surface area contributed by atoms with Crippen molar-refractivity contribution in [2.75, 3.05) is 0 Å². The molecular weight excluding hydrogens is 403 g/mol. The number of aromatic nitrogens is 2. The van der Waals surface area contributed by atoms with Gasteiger partial charge in [0.05, 0.1) is 36.3 Å². The van der Waals surface area contributed by atoms with Gasteiger partial charge in [-0.05, 0) is 47.0 Å². The molecule has 0 N–H and O–H groups in total. The van der Waals surface area contributed by atoms with Crippen LogP contribution in [0, 0.1) is 11.3 Å². The molecule has 0 aliphatic heterocycles. The maximum Gasteiger partial charge on any atom is 0.417 e. The number of imidazole rings is 1. The lowest BCUT2D eigenvalue weighted by atomic mass is 9.98. The van der Waals surface area contributed by atoms with Gasteiger partial charge in [0, 0.05) is 0 Å². The number of hydrogen-bond acceptors (Lipinski definition) is 3. The molecule has 0 saturated heterocycles. The van der Waals surface area contributed by atoms with Crippen LogP contribution in [0.4, 0.5) is 13.2 Å². The summed E-state index contributed by atoms with van der Waals surface area (Å²) in [5.41, 5.74) is 1.41. The van der Waals surface area contributed by atoms with Crippen LogP contribution in [-0.2, 0) is 12.7 Å². The van der Waals surface area contributed by atoms with Crippen LogP contribution in [0.25, 0.3) is 11.1 Å². The minimum absolute atomic E-state index is 0.147. The maximum atomic E-state index is 13.3. The van der Waals surface area contributed by atoms with Gasteiger partial charge >= 0.3 is 6.18 Å². The van der Waals surface area contributed by atoms with Crippen molar-refractivity contribution in [1.29, 1.82) is 5.26 Å². The molecule has 1 aromatic heterocycles. The minimum Gasteiger partial charge on any atom is -0.439 e. The van der Waals surface area contributed by atoms with Crippen molar-refractivity contribution in [3.8, 4) is 28.8 Å². The van der Waals surface area contributed by atoms with Gasteiger partial charge in [0.25, 0.3) is 0 Å². The fourth-order valence-electron chi connectivity index (χ4n) is 3.20. The summed E-state index contributed by atoms with van der Waals surface area (Å²) in [6.45, 7) is 0.437. The molecule has 31 heavy (non-hydrogen) atoms. The number of ether oxygens (including phenoxy) is 1. The molecule has 0 unspecified atom stereocenters. The Morgan fingerprint density at radius 3 is 2.32 bits per heavy atom. The van der Waals surface area contributed by atoms with E-state index < -0.39 is 11.7 Å². The fourth-order valence-corrected chi connectivity index (χ4v) is 3.20. The second-order valence-corrected chi connectivity index (χ2v) is 6.84. The molecule has 0 radical (unpaired) electrons. The van der Waals surface area contributed by atoms with Gasteiger partial charge in [-0.3, -0.25) is 4.57 Å². The van der Waals surface area contributed by atoms with E-state index in [2.05, 4.69) is 4.98 Å². The predicted molar refractivity (Wildman–Crippen MR) is 109 cm³/mol. The number of nitrogens with zero attached hydrogens (tertiary/aromatic N) is 3. The minimum atomic E-state index is -4.41. The maximum absolute atomic E-state index is 13.3. The molecule has 3 aromatic carbocycles. The van der Waals surface area contributed by atoms with Gasteiger partial charge < -0.3 is 4.74 Å². The largest absolute Gasteiger partial charge is 0.439 e. The molecule has 0 atom stereocenters. The van der Waals surface area contributed by atoms with Crippen molar-refractivity contribution in [2.24, 2.45) is 0 Å². The Kier molecular flexibility index (Phi) is 5.46. The first kappa shape index (κ1) is 20.2. The summed E-state index contributed by atoms with van der Waals surface area (Å²) in [6.07, 6.45) is -1.22. The first-order chi connectivity index (χ1) is 14.9. The normalized spacial score (nSPS) is 11.2. The van der Waals surface area contributed by atoms with Crippen molar-refractivity contribution >= 4 is 0 Å². The molecule has 4 aromatic rings. The van der Waals surface area contributed by atoms with Gasteiger partial charge in [-0.1, -0.05) is 42.5 Å². The van der Waals surface area contributed by atoms with Gasteiger partial charge in [-0.15, -0.1) is 0 Å². The summed E-state index contributed by atoms with van der Waals surface area (Å²) < 4.78 is 47.5. The number of rotatable bonds is 5. The molecule has 0 fully saturated rings. The SMILES string of the molecule is N#Cc1ccc(Oc2cncn2Cc2ccc(-c3ccccc3C(F)(F)F)cc2)cc1. The molecule has 154 valence electrons. The summed E-state index contributed by atoms with van der Waals surface area (Å²) in [4.78, 5) is 4.11. The lowest BCUT2D eigenvalue weighted by Crippen LogP contribution is -2.07. The van der Waals surface area contributed by atoms with Gasteiger partial charge in [0.2, 0.25) is 5.88 Å². The molecule has 1 heterocycles. The number of alkyl halides is 3. The van der Waals surface area contributed by atoms with Crippen molar-refractivity contribution in [1.82, 2.24) is 9.55 Å². The quantitative estimate of drug-likeness (QED) is 0.382. The van der Waals surface area contributed by atoms with Crippen molar-refractivity contribution in [2.45, 2.75) is 12.7 Å². The van der Waals surface area contributed by atoms with E-state index in [1.54, 1.807) is 71.7 Å². The molecule has 4 nitrogen and oxygen atoms in total. The second kappa shape index (κ2) is 8.36. The van der Waals surface area contributed by atoms with Crippen LogP contribution in [0.15, 0.2) is 85.3 Å². The van der Waals surface area contributed by atoms with E-state index in [0.29, 0.717) is 29.3 Å². The Bertz CT molecular complexity index is 1220. The van der Waals surface area contributed by atoms with Crippen LogP contribution < -0.4 is 4.74 Å². The number of halogens is 3. The summed E-state index contributed by atoms with van der Waals surface area (Å²) in [6, 6.07) is 21.2. The smallest absolute Gasteiger partial charge is 0.417 e. The third-order valence-corrected chi connectivity index (χ3v) is 4.73. The Morgan fingerprint density at radius 2 is 1.65 bits per heavy atom. The van der Waals surface area contributed by atoms with Crippen LogP contribution in [0.2, 0.25) is 0 Å². The number of nitriles is 1. The average Bonchev–Trinajstić information content (AvgIpc) is 3.20. The predicted octanol–water partition coefficient (Wildman–Crippen LogP) is 6.28. The first-order valence-corrected chi connectivity index (χ1v) is 9.38. The van der Waals surface area contributed by atoms with Crippen LogP contribution in [0.3, 0.4) is 0 Å². The third-order valence-electron chi connectivity index (χ3n) is 4.73. The standard InChI is InChI=1S/C24H16F3N3O/c25-24(26,27)22-4-2-1-3-21(22)19-9-5-18(6-10-19)15-30-16-29-14-23(30)31-20-11-7-17(13-28)8-12-20/h1-12,14,16H,15H2. The van der Waals surface area contributed by atoms with E-state index in [0.717, 1.165) is 11.6 Å². The zero-order chi connectivity index (χ0) is 21.8. The summed E-state index contributed by atoms with van der Waals surface area (Å²) in [7, 11) is 0. The lowest BCUT2D eigenvalue weighted by molar-refractivity contribution is -0.137. The van der Waals surface area contributed by atoms with Crippen LogP contribution in [-0.4, -0.2) is 9.55 Å². The van der Waals surface area contributed by atoms with Gasteiger partial charge in [-0.25, -0.2) is 4.98 Å². The highest BCUT2D eigenvalue weighted by Gasteiger charge is 2.33. The van der Waals surface area contributed by atoms with E-state index >= 15 is 0 Å². The summed E-state index contributed by atoms with van der Waals surface area (Å²) in [5, 5.41) is 8.88. The van der Waals surface area contributed by atoms with Crippen LogP contribution >= 0.6 is 0 Å². The van der Waals surface area contributed by atoms with E-state index in [9.17, 15) is 13.2 Å². The Morgan fingerprint density at radius 1 is 0.935 bits per heavy atom. The number of benzene rings is 3. The molecule has 0 bridgehead atoms. The average molecular weight is 419 g/mol. The fraction of sp³-hybridized carbons (Fsp3) is 0.0833. The topological polar surface area (TPSA) is 50.8 Å². The molecule has 0 spiro atoms. The van der Waals surface area contributed by atoms with Gasteiger partial charge in [-0.2, -0.15) is 18.4 Å². The van der Waals surface area contributed by atoms with Crippen LogP contribution in [0.1, 0.15) is 16.7 Å². The highest BCUT2D eigenvalue weighted by molar-refractivity contribution is 5.68. The van der Waals surface area contributed by atoms with Crippen molar-refractivity contribution < 1.29 is 17.9 Å². The third kappa shape index (κ3) is 4.59. The van der Waals surface area contributed by atoms with Gasteiger partial charge in [0.1, 0.15) is 5.75 Å². The van der Waals surface area contributed by atoms with E-state index in [1.807, 2.05) is 6.07 Å². The monoisotopic (exact) mass is 419 g/mol. The zero-order valence-electron chi connectivity index (χ0n) is 16.2. The molecule has 0 amide bonds. The zero-order valence-corrected chi connectivity index (χ0v) is 16.2. The molecule has 0 aliphatic carbocycles. The Labute approximate surface area is 176 Å². The highest BCUT2D eigenvalue weighted by atomic mass is 19.4. The van der Waals surface area contributed by atoms with Crippen molar-refractivity contribution in [3.05, 3.63) is 102 Å². The van der Waals surface area contributed by atoms with Crippen molar-refractivity contribution in [3.63, 3.8) is 0 Å². The van der Waals surface area contributed by atoms with Gasteiger partial charge in [0.15, 0.2) is 0 Å². The van der Waals surface area contributed by atoms with E-state index in [1.165, 1.54) is 12.1 Å². The summed E-state index contributed by atoms with van der Waals surface area (Å²) >= 11 is 0. The van der Waals surface area contributed by atoms with E-state index in [-0.39, 0.29) is 5.56 Å². The molecule has 0 saturated carbocycles.